The summed E-state index contributed by atoms with van der Waals surface area (Å²) in [5.41, 5.74) is 0. The van der Waals surface area contributed by atoms with E-state index in [2.05, 4.69) is 15.9 Å². The summed E-state index contributed by atoms with van der Waals surface area (Å²) in [7, 11) is 0. The van der Waals surface area contributed by atoms with Gasteiger partial charge in [-0.05, 0) is 30.7 Å². The molecular formula is C10H10BrClO2. The number of halogens is 2. The molecule has 0 N–H and O–H groups in total. The highest BCUT2D eigenvalue weighted by Gasteiger charge is 2.14. The lowest BCUT2D eigenvalue weighted by Crippen LogP contribution is -2.19. The number of hydrogen-bond acceptors (Lipinski definition) is 2. The second kappa shape index (κ2) is 5.37. The zero-order valence-electron chi connectivity index (χ0n) is 7.67. The van der Waals surface area contributed by atoms with E-state index in [1.807, 2.05) is 6.92 Å². The number of hydrogen-bond donors (Lipinski definition) is 0. The number of ether oxygens (including phenoxy) is 1. The van der Waals surface area contributed by atoms with Crippen LogP contribution in [0.4, 0.5) is 0 Å². The van der Waals surface area contributed by atoms with E-state index in [1.165, 1.54) is 0 Å². The van der Waals surface area contributed by atoms with Gasteiger partial charge in [0.15, 0.2) is 0 Å². The minimum Gasteiger partial charge on any atom is -0.426 e. The average molecular weight is 278 g/mol. The van der Waals surface area contributed by atoms with E-state index < -0.39 is 0 Å². The highest BCUT2D eigenvalue weighted by molar-refractivity contribution is 9.10. The number of benzene rings is 1. The lowest BCUT2D eigenvalue weighted by Gasteiger charge is -2.07. The maximum absolute atomic E-state index is 11.3. The Morgan fingerprint density at radius 1 is 1.50 bits per heavy atom. The number of alkyl halides is 1. The van der Waals surface area contributed by atoms with Crippen LogP contribution in [0.1, 0.15) is 13.3 Å². The molecular weight excluding hydrogens is 267 g/mol. The summed E-state index contributed by atoms with van der Waals surface area (Å²) in [5, 5.41) is 0.621. The van der Waals surface area contributed by atoms with Crippen LogP contribution in [0.25, 0.3) is 0 Å². The molecule has 0 aromatic heterocycles. The summed E-state index contributed by atoms with van der Waals surface area (Å²) < 4.78 is 5.08. The molecule has 0 saturated heterocycles. The Labute approximate surface area is 96.3 Å². The number of carbonyl (C=O) groups is 1. The minimum absolute atomic E-state index is 0.252. The van der Waals surface area contributed by atoms with Gasteiger partial charge in [-0.1, -0.05) is 34.5 Å². The van der Waals surface area contributed by atoms with E-state index in [9.17, 15) is 4.79 Å². The number of esters is 1. The lowest BCUT2D eigenvalue weighted by molar-refractivity contribution is -0.133. The van der Waals surface area contributed by atoms with Gasteiger partial charge in [0.1, 0.15) is 10.6 Å². The molecule has 76 valence electrons. The highest BCUT2D eigenvalue weighted by Crippen LogP contribution is 2.17. The van der Waals surface area contributed by atoms with Gasteiger partial charge in [-0.2, -0.15) is 0 Å². The monoisotopic (exact) mass is 276 g/mol. The predicted molar refractivity (Wildman–Crippen MR) is 60.1 cm³/mol. The van der Waals surface area contributed by atoms with Gasteiger partial charge in [0.25, 0.3) is 0 Å². The summed E-state index contributed by atoms with van der Waals surface area (Å²) in [5.74, 6) is 0.229. The second-order valence-electron chi connectivity index (χ2n) is 2.75. The third kappa shape index (κ3) is 3.31. The van der Waals surface area contributed by atoms with E-state index in [0.29, 0.717) is 17.2 Å². The molecule has 0 bridgehead atoms. The first kappa shape index (κ1) is 11.5. The zero-order chi connectivity index (χ0) is 10.6. The maximum atomic E-state index is 11.3. The first-order chi connectivity index (χ1) is 6.63. The van der Waals surface area contributed by atoms with E-state index in [0.717, 1.165) is 0 Å². The third-order valence-electron chi connectivity index (χ3n) is 1.65. The molecule has 0 radical (unpaired) electrons. The first-order valence-electron chi connectivity index (χ1n) is 4.24. The summed E-state index contributed by atoms with van der Waals surface area (Å²) in [4.78, 5) is 11.1. The molecule has 2 nitrogen and oxygen atoms in total. The lowest BCUT2D eigenvalue weighted by atomic mass is 10.3. The standard InChI is InChI=1S/C10H10BrClO2/c1-2-9(11)10(13)14-8-5-3-7(12)4-6-8/h3-6,9H,2H2,1H3. The maximum Gasteiger partial charge on any atom is 0.325 e. The first-order valence-corrected chi connectivity index (χ1v) is 5.54. The fourth-order valence-electron chi connectivity index (χ4n) is 0.849. The van der Waals surface area contributed by atoms with E-state index in [4.69, 9.17) is 16.3 Å². The van der Waals surface area contributed by atoms with Crippen LogP contribution in [0.3, 0.4) is 0 Å². The average Bonchev–Trinajstić information content (AvgIpc) is 2.20. The number of rotatable bonds is 3. The van der Waals surface area contributed by atoms with E-state index in [1.54, 1.807) is 24.3 Å². The molecule has 0 saturated carbocycles. The molecule has 0 amide bonds. The van der Waals surface area contributed by atoms with Crippen molar-refractivity contribution < 1.29 is 9.53 Å². The smallest absolute Gasteiger partial charge is 0.325 e. The Balaban J connectivity index is 2.60. The molecule has 1 aromatic rings. The zero-order valence-corrected chi connectivity index (χ0v) is 10.0. The van der Waals surface area contributed by atoms with Crippen LogP contribution in [0, 0.1) is 0 Å². The van der Waals surface area contributed by atoms with Gasteiger partial charge in [0.05, 0.1) is 0 Å². The molecule has 0 aliphatic rings. The molecule has 14 heavy (non-hydrogen) atoms. The normalized spacial score (nSPS) is 12.2. The van der Waals surface area contributed by atoms with Gasteiger partial charge in [-0.15, -0.1) is 0 Å². The quantitative estimate of drug-likeness (QED) is 0.481. The van der Waals surface area contributed by atoms with Gasteiger partial charge in [-0.3, -0.25) is 4.79 Å². The van der Waals surface area contributed by atoms with Crippen molar-refractivity contribution in [2.45, 2.75) is 18.2 Å². The van der Waals surface area contributed by atoms with Gasteiger partial charge < -0.3 is 4.74 Å². The Bertz CT molecular complexity index is 310. The van der Waals surface area contributed by atoms with Crippen molar-refractivity contribution in [1.29, 1.82) is 0 Å². The van der Waals surface area contributed by atoms with Gasteiger partial charge >= 0.3 is 5.97 Å². The summed E-state index contributed by atoms with van der Waals surface area (Å²) in [6.07, 6.45) is 0.701. The summed E-state index contributed by atoms with van der Waals surface area (Å²) >= 11 is 8.90. The van der Waals surface area contributed by atoms with Crippen molar-refractivity contribution in [2.24, 2.45) is 0 Å². The molecule has 0 heterocycles. The number of carbonyl (C=O) groups excluding carboxylic acids is 1. The third-order valence-corrected chi connectivity index (χ3v) is 2.92. The second-order valence-corrected chi connectivity index (χ2v) is 4.29. The highest BCUT2D eigenvalue weighted by atomic mass is 79.9. The van der Waals surface area contributed by atoms with Crippen molar-refractivity contribution in [3.63, 3.8) is 0 Å². The Kier molecular flexibility index (Phi) is 4.42. The van der Waals surface area contributed by atoms with Crippen LogP contribution < -0.4 is 4.74 Å². The molecule has 4 heteroatoms. The van der Waals surface area contributed by atoms with Crippen LogP contribution in [0.5, 0.6) is 5.75 Å². The summed E-state index contributed by atoms with van der Waals surface area (Å²) in [6.45, 7) is 1.91. The fourth-order valence-corrected chi connectivity index (χ4v) is 1.07. The van der Waals surface area contributed by atoms with E-state index >= 15 is 0 Å². The fraction of sp³-hybridized carbons (Fsp3) is 0.300. The Morgan fingerprint density at radius 3 is 2.57 bits per heavy atom. The van der Waals surface area contributed by atoms with Gasteiger partial charge in [0.2, 0.25) is 0 Å². The van der Waals surface area contributed by atoms with Crippen molar-refractivity contribution in [3.05, 3.63) is 29.3 Å². The van der Waals surface area contributed by atoms with Crippen LogP contribution >= 0.6 is 27.5 Å². The molecule has 1 unspecified atom stereocenters. The van der Waals surface area contributed by atoms with Crippen molar-refractivity contribution in [1.82, 2.24) is 0 Å². The van der Waals surface area contributed by atoms with Gasteiger partial charge in [0, 0.05) is 5.02 Å². The molecule has 1 atom stereocenters. The van der Waals surface area contributed by atoms with Crippen LogP contribution in [-0.4, -0.2) is 10.8 Å². The van der Waals surface area contributed by atoms with Crippen molar-refractivity contribution in [2.75, 3.05) is 0 Å². The molecule has 0 spiro atoms. The van der Waals surface area contributed by atoms with E-state index in [-0.39, 0.29) is 10.8 Å². The van der Waals surface area contributed by atoms with Crippen LogP contribution in [0.2, 0.25) is 5.02 Å². The SMILES string of the molecule is CCC(Br)C(=O)Oc1ccc(Cl)cc1. The molecule has 0 fully saturated rings. The largest absolute Gasteiger partial charge is 0.426 e. The Hall–Kier alpha value is -0.540. The van der Waals surface area contributed by atoms with Crippen molar-refractivity contribution in [3.8, 4) is 5.75 Å². The predicted octanol–water partition coefficient (Wildman–Crippen LogP) is 3.42. The van der Waals surface area contributed by atoms with Gasteiger partial charge in [-0.25, -0.2) is 0 Å². The molecule has 1 aromatic carbocycles. The minimum atomic E-state index is -0.283. The topological polar surface area (TPSA) is 26.3 Å². The molecule has 0 aliphatic heterocycles. The van der Waals surface area contributed by atoms with Crippen molar-refractivity contribution >= 4 is 33.5 Å². The molecule has 0 aliphatic carbocycles. The summed E-state index contributed by atoms with van der Waals surface area (Å²) in [6, 6.07) is 6.68. The molecule has 1 rings (SSSR count). The Morgan fingerprint density at radius 2 is 2.07 bits per heavy atom. The van der Waals surface area contributed by atoms with Crippen LogP contribution in [-0.2, 0) is 4.79 Å². The van der Waals surface area contributed by atoms with Crippen LogP contribution in [0.15, 0.2) is 24.3 Å².